The number of benzene rings is 2. The van der Waals surface area contributed by atoms with Gasteiger partial charge in [0.05, 0.1) is 10.6 Å². The highest BCUT2D eigenvalue weighted by molar-refractivity contribution is 7.92. The smallest absolute Gasteiger partial charge is 0.261 e. The fraction of sp³-hybridized carbons (Fsp3) is 0.316. The summed E-state index contributed by atoms with van der Waals surface area (Å²) in [7, 11) is -2.11. The second-order valence-corrected chi connectivity index (χ2v) is 7.68. The Morgan fingerprint density at radius 2 is 1.77 bits per heavy atom. The van der Waals surface area contributed by atoms with E-state index in [9.17, 15) is 13.2 Å². The number of methoxy groups -OCH3 is 1. The molecular weight excluding hydrogens is 352 g/mol. The fourth-order valence-electron chi connectivity index (χ4n) is 2.43. The fourth-order valence-corrected chi connectivity index (χ4v) is 3.55. The normalized spacial score (nSPS) is 11.2. The van der Waals surface area contributed by atoms with Gasteiger partial charge in [-0.2, -0.15) is 0 Å². The number of aryl methyl sites for hydroxylation is 1. The first-order valence-electron chi connectivity index (χ1n) is 8.31. The second-order valence-electron chi connectivity index (χ2n) is 6.00. The van der Waals surface area contributed by atoms with Crippen molar-refractivity contribution in [3.05, 3.63) is 59.2 Å². The number of carbonyl (C=O) groups is 1. The van der Waals surface area contributed by atoms with Crippen molar-refractivity contribution in [3.63, 3.8) is 0 Å². The van der Waals surface area contributed by atoms with Crippen LogP contribution >= 0.6 is 0 Å². The van der Waals surface area contributed by atoms with Crippen molar-refractivity contribution < 1.29 is 17.9 Å². The molecule has 6 nitrogen and oxygen atoms in total. The Morgan fingerprint density at radius 1 is 1.08 bits per heavy atom. The molecule has 2 rings (SSSR count). The zero-order chi connectivity index (χ0) is 19.2. The number of hydrogen-bond donors (Lipinski definition) is 2. The quantitative estimate of drug-likeness (QED) is 0.694. The topological polar surface area (TPSA) is 84.5 Å². The lowest BCUT2D eigenvalue weighted by atomic mass is 10.1. The monoisotopic (exact) mass is 376 g/mol. The number of anilines is 1. The number of amides is 1. The van der Waals surface area contributed by atoms with Crippen LogP contribution in [0, 0.1) is 13.8 Å². The van der Waals surface area contributed by atoms with E-state index in [1.54, 1.807) is 56.5 Å². The van der Waals surface area contributed by atoms with Crippen LogP contribution in [-0.2, 0) is 14.8 Å². The first kappa shape index (κ1) is 19.9. The maximum atomic E-state index is 12.6. The average Bonchev–Trinajstić information content (AvgIpc) is 2.60. The Hall–Kier alpha value is -2.38. The van der Waals surface area contributed by atoms with Crippen LogP contribution in [0.3, 0.4) is 0 Å². The van der Waals surface area contributed by atoms with E-state index in [1.807, 2.05) is 6.92 Å². The lowest BCUT2D eigenvalue weighted by molar-refractivity contribution is 0.0948. The summed E-state index contributed by atoms with van der Waals surface area (Å²) in [5.41, 5.74) is 2.38. The Labute approximate surface area is 154 Å². The van der Waals surface area contributed by atoms with E-state index in [0.29, 0.717) is 36.4 Å². The van der Waals surface area contributed by atoms with Crippen molar-refractivity contribution >= 4 is 21.6 Å². The van der Waals surface area contributed by atoms with E-state index < -0.39 is 10.0 Å². The van der Waals surface area contributed by atoms with Crippen molar-refractivity contribution in [3.8, 4) is 0 Å². The van der Waals surface area contributed by atoms with Crippen LogP contribution in [0.15, 0.2) is 47.4 Å². The van der Waals surface area contributed by atoms with Gasteiger partial charge in [-0.3, -0.25) is 9.52 Å². The third-order valence-electron chi connectivity index (χ3n) is 3.96. The van der Waals surface area contributed by atoms with Gasteiger partial charge in [0.15, 0.2) is 0 Å². The number of sulfonamides is 1. The van der Waals surface area contributed by atoms with Crippen molar-refractivity contribution in [1.29, 1.82) is 0 Å². The van der Waals surface area contributed by atoms with E-state index in [0.717, 1.165) is 5.56 Å². The van der Waals surface area contributed by atoms with Crippen LogP contribution in [0.2, 0.25) is 0 Å². The van der Waals surface area contributed by atoms with E-state index in [1.165, 1.54) is 0 Å². The molecule has 0 spiro atoms. The van der Waals surface area contributed by atoms with Gasteiger partial charge in [-0.15, -0.1) is 0 Å². The van der Waals surface area contributed by atoms with E-state index in [4.69, 9.17) is 4.74 Å². The molecule has 2 N–H and O–H groups in total. The van der Waals surface area contributed by atoms with Crippen molar-refractivity contribution in [2.24, 2.45) is 0 Å². The van der Waals surface area contributed by atoms with Gasteiger partial charge in [0.1, 0.15) is 0 Å². The van der Waals surface area contributed by atoms with Crippen LogP contribution in [-0.4, -0.2) is 34.6 Å². The first-order chi connectivity index (χ1) is 12.3. The summed E-state index contributed by atoms with van der Waals surface area (Å²) in [4.78, 5) is 12.5. The molecule has 0 saturated heterocycles. The van der Waals surface area contributed by atoms with Crippen LogP contribution in [0.5, 0.6) is 0 Å². The molecule has 0 aromatic heterocycles. The lowest BCUT2D eigenvalue weighted by Gasteiger charge is -2.14. The summed E-state index contributed by atoms with van der Waals surface area (Å²) >= 11 is 0. The minimum Gasteiger partial charge on any atom is -0.385 e. The molecule has 0 atom stereocenters. The summed E-state index contributed by atoms with van der Waals surface area (Å²) in [6, 6.07) is 11.6. The highest BCUT2D eigenvalue weighted by Crippen LogP contribution is 2.22. The van der Waals surface area contributed by atoms with Crippen molar-refractivity contribution in [1.82, 2.24) is 5.32 Å². The maximum absolute atomic E-state index is 12.6. The lowest BCUT2D eigenvalue weighted by Crippen LogP contribution is -2.26. The predicted molar refractivity (Wildman–Crippen MR) is 102 cm³/mol. The number of rotatable bonds is 8. The predicted octanol–water partition coefficient (Wildman–Crippen LogP) is 2.87. The van der Waals surface area contributed by atoms with Gasteiger partial charge in [-0.1, -0.05) is 23.8 Å². The maximum Gasteiger partial charge on any atom is 0.261 e. The molecule has 140 valence electrons. The molecule has 0 aliphatic carbocycles. The molecule has 0 radical (unpaired) electrons. The van der Waals surface area contributed by atoms with E-state index >= 15 is 0 Å². The molecule has 0 heterocycles. The Morgan fingerprint density at radius 3 is 2.42 bits per heavy atom. The molecule has 0 saturated carbocycles. The zero-order valence-electron chi connectivity index (χ0n) is 15.2. The highest BCUT2D eigenvalue weighted by atomic mass is 32.2. The SMILES string of the molecule is COCCCNC(=O)c1cccc(NS(=O)(=O)c2ccc(C)cc2)c1C. The molecule has 0 unspecified atom stereocenters. The summed E-state index contributed by atoms with van der Waals surface area (Å²) < 4.78 is 32.6. The summed E-state index contributed by atoms with van der Waals surface area (Å²) in [5.74, 6) is -0.241. The number of nitrogens with one attached hydrogen (secondary N) is 2. The molecule has 0 fully saturated rings. The number of ether oxygens (including phenoxy) is 1. The van der Waals surface area contributed by atoms with Gasteiger partial charge >= 0.3 is 0 Å². The van der Waals surface area contributed by atoms with Gasteiger partial charge in [-0.25, -0.2) is 8.42 Å². The van der Waals surface area contributed by atoms with Gasteiger partial charge in [0, 0.05) is 25.8 Å². The average molecular weight is 376 g/mol. The Bertz CT molecular complexity index is 862. The van der Waals surface area contributed by atoms with Crippen LogP contribution in [0.25, 0.3) is 0 Å². The Balaban J connectivity index is 2.18. The van der Waals surface area contributed by atoms with Gasteiger partial charge in [0.25, 0.3) is 15.9 Å². The molecule has 26 heavy (non-hydrogen) atoms. The summed E-state index contributed by atoms with van der Waals surface area (Å²) in [5, 5.41) is 2.81. The van der Waals surface area contributed by atoms with Crippen LogP contribution in [0.1, 0.15) is 27.9 Å². The number of carbonyl (C=O) groups excluding carboxylic acids is 1. The third kappa shape index (κ3) is 5.06. The summed E-state index contributed by atoms with van der Waals surface area (Å²) in [6.07, 6.45) is 0.709. The van der Waals surface area contributed by atoms with Gasteiger partial charge in [0.2, 0.25) is 0 Å². The van der Waals surface area contributed by atoms with Crippen LogP contribution < -0.4 is 10.0 Å². The molecule has 2 aromatic carbocycles. The highest BCUT2D eigenvalue weighted by Gasteiger charge is 2.17. The zero-order valence-corrected chi connectivity index (χ0v) is 16.0. The molecule has 0 aliphatic heterocycles. The van der Waals surface area contributed by atoms with Crippen molar-refractivity contribution in [2.45, 2.75) is 25.2 Å². The minimum absolute atomic E-state index is 0.178. The first-order valence-corrected chi connectivity index (χ1v) is 9.79. The molecule has 1 amide bonds. The molecule has 0 bridgehead atoms. The standard InChI is InChI=1S/C19H24N2O4S/c1-14-8-10-16(11-9-14)26(23,24)21-18-7-4-6-17(15(18)2)19(22)20-12-5-13-25-3/h4,6-11,21H,5,12-13H2,1-3H3,(H,20,22). The molecule has 7 heteroatoms. The van der Waals surface area contributed by atoms with Crippen LogP contribution in [0.4, 0.5) is 5.69 Å². The van der Waals surface area contributed by atoms with Gasteiger partial charge in [-0.05, 0) is 50.1 Å². The molecule has 0 aliphatic rings. The third-order valence-corrected chi connectivity index (χ3v) is 5.35. The van der Waals surface area contributed by atoms with Crippen molar-refractivity contribution in [2.75, 3.05) is 25.0 Å². The Kier molecular flexibility index (Phi) is 6.76. The van der Waals surface area contributed by atoms with Gasteiger partial charge < -0.3 is 10.1 Å². The minimum atomic E-state index is -3.72. The number of hydrogen-bond acceptors (Lipinski definition) is 4. The second kappa shape index (κ2) is 8.82. The molecular formula is C19H24N2O4S. The van der Waals surface area contributed by atoms with E-state index in [2.05, 4.69) is 10.0 Å². The summed E-state index contributed by atoms with van der Waals surface area (Å²) in [6.45, 7) is 4.67. The van der Waals surface area contributed by atoms with E-state index in [-0.39, 0.29) is 10.8 Å². The largest absolute Gasteiger partial charge is 0.385 e. The molecule has 2 aromatic rings.